The lowest BCUT2D eigenvalue weighted by Gasteiger charge is -2.27. The first-order valence-corrected chi connectivity index (χ1v) is 8.99. The van der Waals surface area contributed by atoms with Crippen LogP contribution in [0.15, 0.2) is 15.9 Å². The molecule has 0 radical (unpaired) electrons. The summed E-state index contributed by atoms with van der Waals surface area (Å²) >= 11 is 0. The Morgan fingerprint density at radius 1 is 1.24 bits per heavy atom. The van der Waals surface area contributed by atoms with Crippen LogP contribution in [-0.2, 0) is 30.2 Å². The fraction of sp³-hybridized carbons (Fsp3) is 0.647. The molecule has 0 bridgehead atoms. The number of halogens is 3. The van der Waals surface area contributed by atoms with E-state index in [0.29, 0.717) is 0 Å². The molecule has 0 amide bonds. The van der Waals surface area contributed by atoms with Gasteiger partial charge in [-0.25, -0.2) is 9.78 Å². The maximum Gasteiger partial charge on any atom is 0.401 e. The molecular weight excluding hydrogens is 395 g/mol. The van der Waals surface area contributed by atoms with Gasteiger partial charge in [-0.15, -0.1) is 0 Å². The molecule has 0 saturated carbocycles. The van der Waals surface area contributed by atoms with Crippen molar-refractivity contribution in [3.8, 4) is 0 Å². The molecular formula is C17H24F3N5O4. The molecule has 9 nitrogen and oxygen atoms in total. The lowest BCUT2D eigenvalue weighted by Crippen LogP contribution is -2.40. The molecule has 29 heavy (non-hydrogen) atoms. The number of hydrogen-bond donors (Lipinski definition) is 0. The van der Waals surface area contributed by atoms with Gasteiger partial charge in [-0.05, 0) is 20.3 Å². The molecule has 0 spiro atoms. The van der Waals surface area contributed by atoms with E-state index in [1.165, 1.54) is 34.5 Å². The standard InChI is InChI=1S/C17H24F3N5O4/c1-11(2)24(9-17(18,19)20)6-5-7-29-12(26)8-25-10-21-14-13(25)15(27)23(4)16(28)22(14)3/h10-11H,5-9H2,1-4H3. The van der Waals surface area contributed by atoms with Gasteiger partial charge in [0.25, 0.3) is 5.56 Å². The Morgan fingerprint density at radius 3 is 2.48 bits per heavy atom. The van der Waals surface area contributed by atoms with Gasteiger partial charge in [0, 0.05) is 26.7 Å². The Morgan fingerprint density at radius 2 is 1.90 bits per heavy atom. The molecule has 0 atom stereocenters. The molecule has 0 unspecified atom stereocenters. The van der Waals surface area contributed by atoms with Gasteiger partial charge in [-0.2, -0.15) is 13.2 Å². The predicted octanol–water partition coefficient (Wildman–Crippen LogP) is 0.640. The summed E-state index contributed by atoms with van der Waals surface area (Å²) in [4.78, 5) is 41.5. The number of rotatable bonds is 8. The normalized spacial score (nSPS) is 12.3. The van der Waals surface area contributed by atoms with E-state index in [0.717, 1.165) is 4.57 Å². The lowest BCUT2D eigenvalue weighted by atomic mass is 10.3. The second kappa shape index (κ2) is 8.80. The van der Waals surface area contributed by atoms with Crippen LogP contribution in [0.4, 0.5) is 13.2 Å². The van der Waals surface area contributed by atoms with Crippen molar-refractivity contribution < 1.29 is 22.7 Å². The van der Waals surface area contributed by atoms with Crippen LogP contribution < -0.4 is 11.2 Å². The van der Waals surface area contributed by atoms with Gasteiger partial charge in [0.05, 0.1) is 19.5 Å². The third-order valence-electron chi connectivity index (χ3n) is 4.48. The maximum atomic E-state index is 12.6. The highest BCUT2D eigenvalue weighted by Crippen LogP contribution is 2.18. The van der Waals surface area contributed by atoms with Crippen LogP contribution in [0.3, 0.4) is 0 Å². The van der Waals surface area contributed by atoms with Crippen molar-refractivity contribution in [1.29, 1.82) is 0 Å². The van der Waals surface area contributed by atoms with E-state index in [9.17, 15) is 27.6 Å². The summed E-state index contributed by atoms with van der Waals surface area (Å²) in [5, 5.41) is 0. The van der Waals surface area contributed by atoms with Crippen LogP contribution in [0.2, 0.25) is 0 Å². The zero-order chi connectivity index (χ0) is 21.9. The number of aromatic nitrogens is 4. The summed E-state index contributed by atoms with van der Waals surface area (Å²) in [7, 11) is 2.78. The lowest BCUT2D eigenvalue weighted by molar-refractivity contribution is -0.152. The van der Waals surface area contributed by atoms with E-state index in [4.69, 9.17) is 4.74 Å². The molecule has 2 aromatic rings. The molecule has 0 N–H and O–H groups in total. The van der Waals surface area contributed by atoms with Gasteiger partial charge in [0.15, 0.2) is 11.2 Å². The molecule has 2 heterocycles. The van der Waals surface area contributed by atoms with Crippen molar-refractivity contribution in [2.45, 2.75) is 39.0 Å². The molecule has 0 aromatic carbocycles. The summed E-state index contributed by atoms with van der Waals surface area (Å²) < 4.78 is 46.2. The van der Waals surface area contributed by atoms with Crippen LogP contribution in [0, 0.1) is 0 Å². The average molecular weight is 419 g/mol. The number of alkyl halides is 3. The number of carbonyl (C=O) groups excluding carboxylic acids is 1. The quantitative estimate of drug-likeness (QED) is 0.461. The van der Waals surface area contributed by atoms with E-state index in [1.54, 1.807) is 13.8 Å². The van der Waals surface area contributed by atoms with Gasteiger partial charge in [0.2, 0.25) is 0 Å². The Balaban J connectivity index is 1.97. The Bertz CT molecular complexity index is 990. The molecule has 0 aliphatic rings. The van der Waals surface area contributed by atoms with E-state index >= 15 is 0 Å². The van der Waals surface area contributed by atoms with Gasteiger partial charge >= 0.3 is 17.8 Å². The molecule has 12 heteroatoms. The summed E-state index contributed by atoms with van der Waals surface area (Å²) in [6.45, 7) is 2.07. The van der Waals surface area contributed by atoms with E-state index < -0.39 is 29.9 Å². The largest absolute Gasteiger partial charge is 0.464 e. The van der Waals surface area contributed by atoms with Crippen molar-refractivity contribution in [2.75, 3.05) is 19.7 Å². The molecule has 0 aliphatic heterocycles. The molecule has 0 aliphatic carbocycles. The molecule has 2 aromatic heterocycles. The number of ether oxygens (including phenoxy) is 1. The van der Waals surface area contributed by atoms with Gasteiger partial charge in [-0.3, -0.25) is 23.6 Å². The fourth-order valence-corrected chi connectivity index (χ4v) is 2.91. The second-order valence-corrected chi connectivity index (χ2v) is 7.00. The topological polar surface area (TPSA) is 91.4 Å². The third kappa shape index (κ3) is 5.46. The monoisotopic (exact) mass is 419 g/mol. The maximum absolute atomic E-state index is 12.6. The minimum atomic E-state index is -4.30. The number of imidazole rings is 1. The number of nitrogens with zero attached hydrogens (tertiary/aromatic N) is 5. The number of esters is 1. The summed E-state index contributed by atoms with van der Waals surface area (Å²) in [5.74, 6) is -0.660. The molecule has 0 fully saturated rings. The van der Waals surface area contributed by atoms with Crippen molar-refractivity contribution in [2.24, 2.45) is 14.1 Å². The summed E-state index contributed by atoms with van der Waals surface area (Å²) in [5.41, 5.74) is -0.898. The van der Waals surface area contributed by atoms with Crippen molar-refractivity contribution in [3.05, 3.63) is 27.2 Å². The predicted molar refractivity (Wildman–Crippen MR) is 98.6 cm³/mol. The van der Waals surface area contributed by atoms with Crippen LogP contribution in [0.1, 0.15) is 20.3 Å². The van der Waals surface area contributed by atoms with Gasteiger partial charge in [0.1, 0.15) is 6.54 Å². The first-order chi connectivity index (χ1) is 13.4. The third-order valence-corrected chi connectivity index (χ3v) is 4.48. The highest BCUT2D eigenvalue weighted by Gasteiger charge is 2.31. The van der Waals surface area contributed by atoms with Gasteiger partial charge < -0.3 is 9.30 Å². The minimum Gasteiger partial charge on any atom is -0.464 e. The Kier molecular flexibility index (Phi) is 6.88. The smallest absolute Gasteiger partial charge is 0.401 e. The summed E-state index contributed by atoms with van der Waals surface area (Å²) in [6, 6.07) is -0.299. The number of hydrogen-bond acceptors (Lipinski definition) is 6. The van der Waals surface area contributed by atoms with E-state index in [2.05, 4.69) is 4.98 Å². The first kappa shape index (κ1) is 22.7. The number of fused-ring (bicyclic) bond motifs is 1. The van der Waals surface area contributed by atoms with Crippen molar-refractivity contribution in [3.63, 3.8) is 0 Å². The second-order valence-electron chi connectivity index (χ2n) is 7.00. The first-order valence-electron chi connectivity index (χ1n) is 8.99. The zero-order valence-corrected chi connectivity index (χ0v) is 16.7. The van der Waals surface area contributed by atoms with Crippen LogP contribution in [0.25, 0.3) is 11.2 Å². The molecule has 2 rings (SSSR count). The van der Waals surface area contributed by atoms with E-state index in [1.807, 2.05) is 0 Å². The van der Waals surface area contributed by atoms with Crippen LogP contribution in [0.5, 0.6) is 0 Å². The Hall–Kier alpha value is -2.63. The average Bonchev–Trinajstić information content (AvgIpc) is 3.03. The summed E-state index contributed by atoms with van der Waals surface area (Å²) in [6.07, 6.45) is -2.80. The van der Waals surface area contributed by atoms with Crippen molar-refractivity contribution in [1.82, 2.24) is 23.6 Å². The van der Waals surface area contributed by atoms with Crippen LogP contribution in [-0.4, -0.2) is 61.5 Å². The van der Waals surface area contributed by atoms with Crippen LogP contribution >= 0.6 is 0 Å². The minimum absolute atomic E-state index is 0.0525. The SMILES string of the molecule is CC(C)N(CCCOC(=O)Cn1cnc2c1c(=O)n(C)c(=O)n2C)CC(F)(F)F. The van der Waals surface area contributed by atoms with E-state index in [-0.39, 0.29) is 43.3 Å². The van der Waals surface area contributed by atoms with Crippen molar-refractivity contribution >= 4 is 17.1 Å². The molecule has 162 valence electrons. The highest BCUT2D eigenvalue weighted by atomic mass is 19.4. The Labute approximate surface area is 164 Å². The fourth-order valence-electron chi connectivity index (χ4n) is 2.91. The number of carbonyl (C=O) groups is 1. The number of aryl methyl sites for hydroxylation is 1. The zero-order valence-electron chi connectivity index (χ0n) is 16.7. The highest BCUT2D eigenvalue weighted by molar-refractivity contribution is 5.75. The molecule has 0 saturated heterocycles. The van der Waals surface area contributed by atoms with Gasteiger partial charge in [-0.1, -0.05) is 0 Å².